The summed E-state index contributed by atoms with van der Waals surface area (Å²) in [5, 5.41) is 2.71. The summed E-state index contributed by atoms with van der Waals surface area (Å²) in [4.78, 5) is 11.5. The first-order chi connectivity index (χ1) is 8.78. The van der Waals surface area contributed by atoms with Crippen molar-refractivity contribution >= 4 is 12.0 Å². The number of nitrogens with one attached hydrogen (secondary N) is 1. The first-order valence-electron chi connectivity index (χ1n) is 5.85. The second-order valence-corrected chi connectivity index (χ2v) is 3.79. The summed E-state index contributed by atoms with van der Waals surface area (Å²) in [6, 6.07) is 7.34. The molecule has 1 amide bonds. The quantitative estimate of drug-likeness (QED) is 0.824. The van der Waals surface area contributed by atoms with Crippen molar-refractivity contribution in [1.29, 1.82) is 0 Å². The summed E-state index contributed by atoms with van der Waals surface area (Å²) in [5.74, 6) is 2.13. The molecule has 4 nitrogen and oxygen atoms in total. The lowest BCUT2D eigenvalue weighted by molar-refractivity contribution is -0.116. The highest BCUT2D eigenvalue weighted by molar-refractivity contribution is 5.91. The van der Waals surface area contributed by atoms with Crippen molar-refractivity contribution in [3.05, 3.63) is 53.9 Å². The number of carbonyl (C=O) groups excluding carboxylic acids is 1. The predicted octanol–water partition coefficient (Wildman–Crippen LogP) is 2.76. The van der Waals surface area contributed by atoms with Gasteiger partial charge in [0.15, 0.2) is 0 Å². The molecule has 1 N–H and O–H groups in total. The molecule has 0 bridgehead atoms. The van der Waals surface area contributed by atoms with E-state index in [1.165, 1.54) is 6.08 Å². The van der Waals surface area contributed by atoms with Crippen LogP contribution in [-0.4, -0.2) is 5.91 Å². The molecule has 2 aromatic rings. The van der Waals surface area contributed by atoms with E-state index >= 15 is 0 Å². The zero-order chi connectivity index (χ0) is 12.8. The Labute approximate surface area is 105 Å². The standard InChI is InChI=1S/C14H15NO3/c1-2-11-5-6-12(18-11)7-8-14(16)15-10-13-4-3-9-17-13/h3-9H,2,10H2,1H3,(H,15,16)/b8-7+. The summed E-state index contributed by atoms with van der Waals surface area (Å²) >= 11 is 0. The maximum Gasteiger partial charge on any atom is 0.244 e. The van der Waals surface area contributed by atoms with Crippen LogP contribution < -0.4 is 5.32 Å². The molecule has 2 rings (SSSR count). The molecule has 94 valence electrons. The van der Waals surface area contributed by atoms with Crippen LogP contribution in [0.3, 0.4) is 0 Å². The first kappa shape index (κ1) is 12.2. The third kappa shape index (κ3) is 3.38. The number of furan rings is 2. The van der Waals surface area contributed by atoms with Crippen LogP contribution in [0.15, 0.2) is 45.4 Å². The monoisotopic (exact) mass is 245 g/mol. The minimum Gasteiger partial charge on any atom is -0.467 e. The fraction of sp³-hybridized carbons (Fsp3) is 0.214. The molecule has 0 aliphatic heterocycles. The average molecular weight is 245 g/mol. The third-order valence-electron chi connectivity index (χ3n) is 2.45. The number of hydrogen-bond acceptors (Lipinski definition) is 3. The second-order valence-electron chi connectivity index (χ2n) is 3.79. The summed E-state index contributed by atoms with van der Waals surface area (Å²) in [6.07, 6.45) is 5.52. The predicted molar refractivity (Wildman–Crippen MR) is 67.7 cm³/mol. The lowest BCUT2D eigenvalue weighted by Crippen LogP contribution is -2.19. The minimum absolute atomic E-state index is 0.180. The van der Waals surface area contributed by atoms with Gasteiger partial charge in [0, 0.05) is 12.5 Å². The van der Waals surface area contributed by atoms with Crippen LogP contribution in [0.4, 0.5) is 0 Å². The van der Waals surface area contributed by atoms with Crippen LogP contribution in [0.1, 0.15) is 24.2 Å². The van der Waals surface area contributed by atoms with Crippen LogP contribution in [0.25, 0.3) is 6.08 Å². The third-order valence-corrected chi connectivity index (χ3v) is 2.45. The van der Waals surface area contributed by atoms with Gasteiger partial charge in [0.1, 0.15) is 17.3 Å². The molecule has 0 saturated carbocycles. The molecule has 0 aliphatic rings. The summed E-state index contributed by atoms with van der Waals surface area (Å²) in [5.41, 5.74) is 0. The van der Waals surface area contributed by atoms with Crippen molar-refractivity contribution in [2.75, 3.05) is 0 Å². The van der Waals surface area contributed by atoms with Crippen LogP contribution >= 0.6 is 0 Å². The van der Waals surface area contributed by atoms with Gasteiger partial charge in [-0.2, -0.15) is 0 Å². The van der Waals surface area contributed by atoms with Gasteiger partial charge >= 0.3 is 0 Å². The second kappa shape index (κ2) is 5.91. The van der Waals surface area contributed by atoms with Gasteiger partial charge in [-0.25, -0.2) is 0 Å². The molecule has 0 fully saturated rings. The van der Waals surface area contributed by atoms with E-state index in [0.717, 1.165) is 17.9 Å². The molecule has 2 aromatic heterocycles. The van der Waals surface area contributed by atoms with Crippen molar-refractivity contribution in [2.24, 2.45) is 0 Å². The molecule has 2 heterocycles. The van der Waals surface area contributed by atoms with Crippen molar-refractivity contribution in [3.8, 4) is 0 Å². The van der Waals surface area contributed by atoms with E-state index in [1.807, 2.05) is 25.1 Å². The Morgan fingerprint density at radius 2 is 2.22 bits per heavy atom. The number of carbonyl (C=O) groups is 1. The lowest BCUT2D eigenvalue weighted by atomic mass is 10.3. The molecule has 0 radical (unpaired) electrons. The number of rotatable bonds is 5. The zero-order valence-electron chi connectivity index (χ0n) is 10.2. The summed E-state index contributed by atoms with van der Waals surface area (Å²) in [7, 11) is 0. The Bertz CT molecular complexity index is 523. The maximum absolute atomic E-state index is 11.5. The minimum atomic E-state index is -0.180. The Hall–Kier alpha value is -2.23. The van der Waals surface area contributed by atoms with Crippen molar-refractivity contribution in [2.45, 2.75) is 19.9 Å². The Balaban J connectivity index is 1.83. The number of amides is 1. The SMILES string of the molecule is CCc1ccc(/C=C/C(=O)NCc2ccco2)o1. The van der Waals surface area contributed by atoms with Crippen LogP contribution in [0, 0.1) is 0 Å². The molecule has 4 heteroatoms. The normalized spacial score (nSPS) is 10.9. The van der Waals surface area contributed by atoms with Gasteiger partial charge in [-0.3, -0.25) is 4.79 Å². The van der Waals surface area contributed by atoms with Gasteiger partial charge in [0.25, 0.3) is 0 Å². The van der Waals surface area contributed by atoms with E-state index in [9.17, 15) is 4.79 Å². The van der Waals surface area contributed by atoms with Gasteiger partial charge < -0.3 is 14.2 Å². The molecule has 18 heavy (non-hydrogen) atoms. The highest BCUT2D eigenvalue weighted by Crippen LogP contribution is 2.09. The van der Waals surface area contributed by atoms with Crippen molar-refractivity contribution < 1.29 is 13.6 Å². The van der Waals surface area contributed by atoms with Crippen molar-refractivity contribution in [3.63, 3.8) is 0 Å². The topological polar surface area (TPSA) is 55.4 Å². The van der Waals surface area contributed by atoms with Gasteiger partial charge in [-0.05, 0) is 30.3 Å². The number of hydrogen-bond donors (Lipinski definition) is 1. The Morgan fingerprint density at radius 1 is 1.33 bits per heavy atom. The van der Waals surface area contributed by atoms with Gasteiger partial charge in [-0.15, -0.1) is 0 Å². The lowest BCUT2D eigenvalue weighted by Gasteiger charge is -1.97. The molecule has 0 aliphatic carbocycles. The fourth-order valence-corrected chi connectivity index (χ4v) is 1.48. The van der Waals surface area contributed by atoms with E-state index in [2.05, 4.69) is 5.32 Å². The highest BCUT2D eigenvalue weighted by atomic mass is 16.3. The van der Waals surface area contributed by atoms with E-state index in [4.69, 9.17) is 8.83 Å². The van der Waals surface area contributed by atoms with Gasteiger partial charge in [-0.1, -0.05) is 6.92 Å². The summed E-state index contributed by atoms with van der Waals surface area (Å²) in [6.45, 7) is 2.40. The van der Waals surface area contributed by atoms with Gasteiger partial charge in [0.2, 0.25) is 5.91 Å². The van der Waals surface area contributed by atoms with Crippen LogP contribution in [0.5, 0.6) is 0 Å². The molecule has 0 atom stereocenters. The van der Waals surface area contributed by atoms with Gasteiger partial charge in [0.05, 0.1) is 12.8 Å². The van der Waals surface area contributed by atoms with E-state index in [-0.39, 0.29) is 5.91 Å². The van der Waals surface area contributed by atoms with E-state index < -0.39 is 0 Å². The molecule has 0 saturated heterocycles. The molecular formula is C14H15NO3. The largest absolute Gasteiger partial charge is 0.467 e. The molecule has 0 spiro atoms. The zero-order valence-corrected chi connectivity index (χ0v) is 10.2. The summed E-state index contributed by atoms with van der Waals surface area (Å²) < 4.78 is 10.6. The highest BCUT2D eigenvalue weighted by Gasteiger charge is 2.00. The van der Waals surface area contributed by atoms with Crippen LogP contribution in [-0.2, 0) is 17.8 Å². The average Bonchev–Trinajstić information content (AvgIpc) is 3.04. The van der Waals surface area contributed by atoms with E-state index in [0.29, 0.717) is 12.3 Å². The van der Waals surface area contributed by atoms with Crippen LogP contribution in [0.2, 0.25) is 0 Å². The van der Waals surface area contributed by atoms with Crippen molar-refractivity contribution in [1.82, 2.24) is 5.32 Å². The Kier molecular flexibility index (Phi) is 4.02. The Morgan fingerprint density at radius 3 is 2.89 bits per heavy atom. The smallest absolute Gasteiger partial charge is 0.244 e. The first-order valence-corrected chi connectivity index (χ1v) is 5.85. The molecule has 0 aromatic carbocycles. The van der Waals surface area contributed by atoms with E-state index in [1.54, 1.807) is 18.4 Å². The number of aryl methyl sites for hydroxylation is 1. The maximum atomic E-state index is 11.5. The fourth-order valence-electron chi connectivity index (χ4n) is 1.48. The molecular weight excluding hydrogens is 230 g/mol. The molecule has 0 unspecified atom stereocenters.